The maximum absolute atomic E-state index is 5.61. The van der Waals surface area contributed by atoms with Crippen LogP contribution < -0.4 is 20.1 Å². The standard InChI is InChI=1S/C32H37N7O3/c1-40-27-11-10-24(19-29(27)41-2)20-34-32-35-21-25(31-36-30(37-39(31)32)28-9-6-18-42-28)22-38-16-13-26(14-17-38)33-15-12-23-7-4-3-5-8-23/h3-11,18-19,21,26,33H,12-17,20,22H2,1-2H3,(H,34,35). The smallest absolute Gasteiger partial charge is 0.226 e. The molecule has 0 spiro atoms. The predicted molar refractivity (Wildman–Crippen MR) is 162 cm³/mol. The molecular weight excluding hydrogens is 530 g/mol. The second-order valence-electron chi connectivity index (χ2n) is 10.5. The van der Waals surface area contributed by atoms with Crippen molar-refractivity contribution in [3.05, 3.63) is 89.8 Å². The van der Waals surface area contributed by atoms with Crippen LogP contribution in [-0.2, 0) is 19.5 Å². The number of methoxy groups -OCH3 is 2. The number of rotatable bonds is 12. The first-order valence-corrected chi connectivity index (χ1v) is 14.4. The van der Waals surface area contributed by atoms with Gasteiger partial charge < -0.3 is 24.5 Å². The average molecular weight is 568 g/mol. The SMILES string of the molecule is COc1ccc(CNc2ncc(CN3CCC(NCCc4ccccc4)CC3)c3nc(-c4ccco4)nn23)cc1OC. The summed E-state index contributed by atoms with van der Waals surface area (Å²) in [6, 6.07) is 20.8. The monoisotopic (exact) mass is 567 g/mol. The molecule has 3 aromatic heterocycles. The van der Waals surface area contributed by atoms with Crippen molar-refractivity contribution >= 4 is 11.6 Å². The van der Waals surface area contributed by atoms with E-state index >= 15 is 0 Å². The van der Waals surface area contributed by atoms with Crippen molar-refractivity contribution in [2.24, 2.45) is 0 Å². The molecule has 0 aliphatic carbocycles. The lowest BCUT2D eigenvalue weighted by atomic mass is 10.0. The van der Waals surface area contributed by atoms with Gasteiger partial charge in [-0.1, -0.05) is 36.4 Å². The zero-order valence-electron chi connectivity index (χ0n) is 24.1. The maximum Gasteiger partial charge on any atom is 0.226 e. The molecule has 1 saturated heterocycles. The van der Waals surface area contributed by atoms with Gasteiger partial charge in [-0.05, 0) is 74.3 Å². The van der Waals surface area contributed by atoms with Gasteiger partial charge in [-0.2, -0.15) is 4.52 Å². The first-order chi connectivity index (χ1) is 20.7. The van der Waals surface area contributed by atoms with Gasteiger partial charge in [0.2, 0.25) is 11.8 Å². The minimum atomic E-state index is 0.530. The first-order valence-electron chi connectivity index (χ1n) is 14.4. The number of likely N-dealkylation sites (tertiary alicyclic amines) is 1. The minimum absolute atomic E-state index is 0.530. The highest BCUT2D eigenvalue weighted by molar-refractivity contribution is 5.58. The van der Waals surface area contributed by atoms with Crippen LogP contribution in [0, 0.1) is 0 Å². The number of nitrogens with zero attached hydrogens (tertiary/aromatic N) is 5. The van der Waals surface area contributed by atoms with Crippen molar-refractivity contribution < 1.29 is 13.9 Å². The number of benzene rings is 2. The van der Waals surface area contributed by atoms with Crippen LogP contribution in [0.4, 0.5) is 5.95 Å². The van der Waals surface area contributed by atoms with E-state index in [4.69, 9.17) is 29.0 Å². The summed E-state index contributed by atoms with van der Waals surface area (Å²) in [6.07, 6.45) is 6.84. The molecule has 0 saturated carbocycles. The number of ether oxygens (including phenoxy) is 2. The lowest BCUT2D eigenvalue weighted by molar-refractivity contribution is 0.191. The van der Waals surface area contributed by atoms with E-state index in [2.05, 4.69) is 45.9 Å². The van der Waals surface area contributed by atoms with Gasteiger partial charge in [-0.3, -0.25) is 4.90 Å². The van der Waals surface area contributed by atoms with E-state index < -0.39 is 0 Å². The molecule has 0 radical (unpaired) electrons. The molecule has 0 unspecified atom stereocenters. The van der Waals surface area contributed by atoms with E-state index in [-0.39, 0.29) is 0 Å². The molecule has 2 aromatic carbocycles. The van der Waals surface area contributed by atoms with Crippen molar-refractivity contribution in [1.29, 1.82) is 0 Å². The highest BCUT2D eigenvalue weighted by atomic mass is 16.5. The van der Waals surface area contributed by atoms with Crippen molar-refractivity contribution in [2.75, 3.05) is 39.2 Å². The van der Waals surface area contributed by atoms with Crippen LogP contribution in [0.1, 0.15) is 29.5 Å². The largest absolute Gasteiger partial charge is 0.493 e. The summed E-state index contributed by atoms with van der Waals surface area (Å²) in [7, 11) is 3.27. The predicted octanol–water partition coefficient (Wildman–Crippen LogP) is 4.81. The van der Waals surface area contributed by atoms with Crippen molar-refractivity contribution in [2.45, 2.75) is 38.4 Å². The molecule has 5 aromatic rings. The third kappa shape index (κ3) is 6.40. The Bertz CT molecular complexity index is 1580. The summed E-state index contributed by atoms with van der Waals surface area (Å²) in [5.74, 6) is 3.14. The molecule has 42 heavy (non-hydrogen) atoms. The minimum Gasteiger partial charge on any atom is -0.493 e. The van der Waals surface area contributed by atoms with Crippen molar-refractivity contribution in [3.8, 4) is 23.1 Å². The number of furan rings is 1. The molecule has 10 nitrogen and oxygen atoms in total. The van der Waals surface area contributed by atoms with Gasteiger partial charge in [-0.15, -0.1) is 5.10 Å². The molecule has 2 N–H and O–H groups in total. The lowest BCUT2D eigenvalue weighted by Crippen LogP contribution is -2.42. The fourth-order valence-corrected chi connectivity index (χ4v) is 5.43. The van der Waals surface area contributed by atoms with Crippen molar-refractivity contribution in [1.82, 2.24) is 29.8 Å². The summed E-state index contributed by atoms with van der Waals surface area (Å²) in [5, 5.41) is 11.9. The second-order valence-corrected chi connectivity index (χ2v) is 10.5. The Morgan fingerprint density at radius 2 is 1.79 bits per heavy atom. The van der Waals surface area contributed by atoms with Crippen LogP contribution in [0.5, 0.6) is 11.5 Å². The molecule has 1 fully saturated rings. The highest BCUT2D eigenvalue weighted by Crippen LogP contribution is 2.28. The summed E-state index contributed by atoms with van der Waals surface area (Å²) in [4.78, 5) is 12.1. The summed E-state index contributed by atoms with van der Waals surface area (Å²) >= 11 is 0. The zero-order chi connectivity index (χ0) is 28.7. The van der Waals surface area contributed by atoms with E-state index in [1.54, 1.807) is 25.0 Å². The van der Waals surface area contributed by atoms with Gasteiger partial charge in [0.1, 0.15) is 0 Å². The number of fused-ring (bicyclic) bond motifs is 1. The molecule has 218 valence electrons. The number of piperidine rings is 1. The fourth-order valence-electron chi connectivity index (χ4n) is 5.43. The molecule has 0 amide bonds. The highest BCUT2D eigenvalue weighted by Gasteiger charge is 2.22. The quantitative estimate of drug-likeness (QED) is 0.220. The number of aromatic nitrogens is 4. The third-order valence-corrected chi connectivity index (χ3v) is 7.75. The van der Waals surface area contributed by atoms with Gasteiger partial charge >= 0.3 is 0 Å². The Kier molecular flexibility index (Phi) is 8.62. The Labute approximate surface area is 245 Å². The van der Waals surface area contributed by atoms with Crippen molar-refractivity contribution in [3.63, 3.8) is 0 Å². The van der Waals surface area contributed by atoms with Crippen LogP contribution in [0.15, 0.2) is 77.5 Å². The number of anilines is 1. The van der Waals surface area contributed by atoms with Gasteiger partial charge in [0, 0.05) is 30.9 Å². The maximum atomic E-state index is 5.61. The van der Waals surface area contributed by atoms with Crippen LogP contribution in [0.3, 0.4) is 0 Å². The van der Waals surface area contributed by atoms with E-state index in [1.165, 1.54) is 5.56 Å². The molecule has 0 atom stereocenters. The topological polar surface area (TPSA) is 102 Å². The molecule has 10 heteroatoms. The Morgan fingerprint density at radius 1 is 0.952 bits per heavy atom. The lowest BCUT2D eigenvalue weighted by Gasteiger charge is -2.32. The molecule has 6 rings (SSSR count). The first kappa shape index (κ1) is 27.7. The van der Waals surface area contributed by atoms with Gasteiger partial charge in [0.05, 0.1) is 20.5 Å². The Morgan fingerprint density at radius 3 is 2.55 bits per heavy atom. The van der Waals surface area contributed by atoms with E-state index in [1.807, 2.05) is 36.5 Å². The third-order valence-electron chi connectivity index (χ3n) is 7.75. The average Bonchev–Trinajstić information content (AvgIpc) is 3.73. The summed E-state index contributed by atoms with van der Waals surface area (Å²) in [6.45, 7) is 4.34. The molecule has 1 aliphatic rings. The Balaban J connectivity index is 1.13. The van der Waals surface area contributed by atoms with Gasteiger partial charge in [0.25, 0.3) is 0 Å². The summed E-state index contributed by atoms with van der Waals surface area (Å²) < 4.78 is 18.2. The molecular formula is C32H37N7O3. The second kappa shape index (κ2) is 13.1. The van der Waals surface area contributed by atoms with Crippen LogP contribution in [-0.4, -0.2) is 64.4 Å². The zero-order valence-corrected chi connectivity index (χ0v) is 24.1. The Hall–Kier alpha value is -4.41. The van der Waals surface area contributed by atoms with E-state index in [0.29, 0.717) is 41.6 Å². The van der Waals surface area contributed by atoms with E-state index in [0.717, 1.165) is 62.2 Å². The van der Waals surface area contributed by atoms with Gasteiger partial charge in [-0.25, -0.2) is 9.97 Å². The van der Waals surface area contributed by atoms with Crippen LogP contribution in [0.25, 0.3) is 17.2 Å². The van der Waals surface area contributed by atoms with Gasteiger partial charge in [0.15, 0.2) is 22.9 Å². The molecule has 1 aliphatic heterocycles. The number of hydrogen-bond acceptors (Lipinski definition) is 9. The normalized spacial score (nSPS) is 14.3. The number of hydrogen-bond donors (Lipinski definition) is 2. The summed E-state index contributed by atoms with van der Waals surface area (Å²) in [5.41, 5.74) is 4.21. The molecule has 0 bridgehead atoms. The van der Waals surface area contributed by atoms with E-state index in [9.17, 15) is 0 Å². The van der Waals surface area contributed by atoms with Crippen LogP contribution >= 0.6 is 0 Å². The van der Waals surface area contributed by atoms with Crippen LogP contribution in [0.2, 0.25) is 0 Å². The number of nitrogens with one attached hydrogen (secondary N) is 2. The fraction of sp³-hybridized carbons (Fsp3) is 0.344. The molecule has 4 heterocycles.